The van der Waals surface area contributed by atoms with Crippen LogP contribution in [0, 0.1) is 0 Å². The van der Waals surface area contributed by atoms with E-state index < -0.39 is 6.09 Å². The largest absolute Gasteiger partial charge is 0.465 e. The Kier molecular flexibility index (Phi) is 3.71. The van der Waals surface area contributed by atoms with Crippen LogP contribution in [0.2, 0.25) is 0 Å². The van der Waals surface area contributed by atoms with Crippen molar-refractivity contribution in [3.05, 3.63) is 42.1 Å². The molecule has 0 atom stereocenters. The number of pyridine rings is 1. The maximum absolute atomic E-state index is 10.6. The molecule has 0 fully saturated rings. The van der Waals surface area contributed by atoms with Crippen LogP contribution in [0.5, 0.6) is 0 Å². The van der Waals surface area contributed by atoms with Gasteiger partial charge in [-0.15, -0.1) is 0 Å². The molecule has 2 heterocycles. The van der Waals surface area contributed by atoms with Crippen LogP contribution in [0.3, 0.4) is 0 Å². The average molecular weight is 298 g/mol. The van der Waals surface area contributed by atoms with Gasteiger partial charge in [0.2, 0.25) is 0 Å². The summed E-state index contributed by atoms with van der Waals surface area (Å²) in [7, 11) is 0. The highest BCUT2D eigenvalue weighted by atomic mass is 16.4. The van der Waals surface area contributed by atoms with Gasteiger partial charge in [0.25, 0.3) is 0 Å². The van der Waals surface area contributed by atoms with Crippen LogP contribution in [-0.2, 0) is 6.42 Å². The second-order valence-corrected chi connectivity index (χ2v) is 4.78. The molecule has 1 aromatic carbocycles. The van der Waals surface area contributed by atoms with Gasteiger partial charge in [-0.25, -0.2) is 14.8 Å². The van der Waals surface area contributed by atoms with Gasteiger partial charge in [-0.3, -0.25) is 5.32 Å². The highest BCUT2D eigenvalue weighted by Crippen LogP contribution is 2.22. The Labute approximate surface area is 125 Å². The van der Waals surface area contributed by atoms with Crippen LogP contribution in [0.25, 0.3) is 22.6 Å². The average Bonchev–Trinajstić information content (AvgIpc) is 2.90. The highest BCUT2D eigenvalue weighted by molar-refractivity contribution is 5.86. The van der Waals surface area contributed by atoms with E-state index in [2.05, 4.69) is 20.3 Å². The normalized spacial score (nSPS) is 10.8. The minimum Gasteiger partial charge on any atom is -0.465 e. The van der Waals surface area contributed by atoms with E-state index in [9.17, 15) is 4.79 Å². The first-order chi connectivity index (χ1) is 10.7. The fourth-order valence-corrected chi connectivity index (χ4v) is 2.23. The smallest absolute Gasteiger partial charge is 0.409 e. The first kappa shape index (κ1) is 14.0. The third-order valence-corrected chi connectivity index (χ3v) is 3.19. The van der Waals surface area contributed by atoms with E-state index in [0.29, 0.717) is 29.1 Å². The van der Waals surface area contributed by atoms with Crippen molar-refractivity contribution in [2.24, 2.45) is 0 Å². The topological polar surface area (TPSA) is 111 Å². The molecule has 7 heteroatoms. The van der Waals surface area contributed by atoms with Crippen molar-refractivity contribution in [2.75, 3.05) is 11.9 Å². The number of aliphatic hydroxyl groups is 1. The Morgan fingerprint density at radius 2 is 2.18 bits per heavy atom. The third kappa shape index (κ3) is 2.89. The summed E-state index contributed by atoms with van der Waals surface area (Å²) in [6.07, 6.45) is 0.861. The van der Waals surface area contributed by atoms with Crippen LogP contribution in [0.1, 0.15) is 5.56 Å². The van der Waals surface area contributed by atoms with Crippen molar-refractivity contribution in [2.45, 2.75) is 6.42 Å². The summed E-state index contributed by atoms with van der Waals surface area (Å²) < 4.78 is 0. The number of carbonyl (C=O) groups is 1. The number of amides is 1. The number of carboxylic acid groups (broad SMARTS) is 1. The number of imidazole rings is 1. The number of aliphatic hydroxyl groups excluding tert-OH is 1. The zero-order valence-electron chi connectivity index (χ0n) is 11.6. The molecule has 0 aliphatic carbocycles. The van der Waals surface area contributed by atoms with Crippen LogP contribution in [0.4, 0.5) is 10.5 Å². The molecule has 0 unspecified atom stereocenters. The predicted octanol–water partition coefficient (Wildman–Crippen LogP) is 2.25. The van der Waals surface area contributed by atoms with Crippen LogP contribution in [-0.4, -0.2) is 37.9 Å². The van der Waals surface area contributed by atoms with Crippen LogP contribution in [0.15, 0.2) is 36.5 Å². The fraction of sp³-hybridized carbons (Fsp3) is 0.133. The standard InChI is InChI=1S/C15H14N4O3/c20-5-4-9-2-1-3-10(6-9)13-18-12-7-11(17-15(21)22)8-16-14(12)19-13/h1-3,6-8,17,20H,4-5H2,(H,21,22)(H,16,18,19). The molecule has 0 aliphatic heterocycles. The summed E-state index contributed by atoms with van der Waals surface area (Å²) in [6.45, 7) is 0.0926. The van der Waals surface area contributed by atoms with E-state index in [1.165, 1.54) is 6.20 Å². The number of fused-ring (bicyclic) bond motifs is 1. The first-order valence-electron chi connectivity index (χ1n) is 6.71. The van der Waals surface area contributed by atoms with Crippen molar-refractivity contribution in [1.29, 1.82) is 0 Å². The summed E-state index contributed by atoms with van der Waals surface area (Å²) in [6, 6.07) is 9.34. The molecule has 22 heavy (non-hydrogen) atoms. The molecule has 3 aromatic rings. The Hall–Kier alpha value is -2.93. The number of anilines is 1. The minimum absolute atomic E-state index is 0.0926. The number of benzene rings is 1. The number of aromatic amines is 1. The summed E-state index contributed by atoms with van der Waals surface area (Å²) in [5.74, 6) is 0.648. The number of nitrogens with zero attached hydrogens (tertiary/aromatic N) is 2. The van der Waals surface area contributed by atoms with Crippen molar-refractivity contribution in [3.8, 4) is 11.4 Å². The van der Waals surface area contributed by atoms with Gasteiger partial charge in [-0.05, 0) is 24.1 Å². The van der Waals surface area contributed by atoms with Crippen molar-refractivity contribution >= 4 is 22.9 Å². The van der Waals surface area contributed by atoms with E-state index >= 15 is 0 Å². The lowest BCUT2D eigenvalue weighted by atomic mass is 10.1. The first-order valence-corrected chi connectivity index (χ1v) is 6.71. The molecule has 2 aromatic heterocycles. The minimum atomic E-state index is -1.14. The molecule has 3 rings (SSSR count). The van der Waals surface area contributed by atoms with E-state index in [-0.39, 0.29) is 6.61 Å². The Morgan fingerprint density at radius 3 is 2.95 bits per heavy atom. The van der Waals surface area contributed by atoms with E-state index in [0.717, 1.165) is 11.1 Å². The molecule has 7 nitrogen and oxygen atoms in total. The van der Waals surface area contributed by atoms with Crippen molar-refractivity contribution < 1.29 is 15.0 Å². The number of nitrogens with one attached hydrogen (secondary N) is 2. The lowest BCUT2D eigenvalue weighted by Gasteiger charge is -2.01. The lowest BCUT2D eigenvalue weighted by Crippen LogP contribution is -2.07. The van der Waals surface area contributed by atoms with Gasteiger partial charge in [0.05, 0.1) is 17.4 Å². The predicted molar refractivity (Wildman–Crippen MR) is 81.8 cm³/mol. The monoisotopic (exact) mass is 298 g/mol. The summed E-state index contributed by atoms with van der Waals surface area (Å²) >= 11 is 0. The summed E-state index contributed by atoms with van der Waals surface area (Å²) in [4.78, 5) is 22.3. The molecule has 112 valence electrons. The second kappa shape index (κ2) is 5.82. The van der Waals surface area contributed by atoms with Crippen LogP contribution < -0.4 is 5.32 Å². The summed E-state index contributed by atoms with van der Waals surface area (Å²) in [5.41, 5.74) is 3.44. The van der Waals surface area contributed by atoms with Gasteiger partial charge in [0.15, 0.2) is 5.65 Å². The zero-order chi connectivity index (χ0) is 15.5. The van der Waals surface area contributed by atoms with E-state index in [1.807, 2.05) is 24.3 Å². The Bertz CT molecular complexity index is 829. The maximum Gasteiger partial charge on any atom is 0.409 e. The van der Waals surface area contributed by atoms with Gasteiger partial charge >= 0.3 is 6.09 Å². The summed E-state index contributed by atoms with van der Waals surface area (Å²) in [5, 5.41) is 20.0. The quantitative estimate of drug-likeness (QED) is 0.590. The second-order valence-electron chi connectivity index (χ2n) is 4.78. The lowest BCUT2D eigenvalue weighted by molar-refractivity contribution is 0.209. The molecular formula is C15H14N4O3. The fourth-order valence-electron chi connectivity index (χ4n) is 2.23. The highest BCUT2D eigenvalue weighted by Gasteiger charge is 2.08. The van der Waals surface area contributed by atoms with Gasteiger partial charge in [0.1, 0.15) is 5.82 Å². The zero-order valence-corrected chi connectivity index (χ0v) is 11.6. The number of aromatic nitrogens is 3. The molecule has 1 amide bonds. The van der Waals surface area contributed by atoms with Crippen molar-refractivity contribution in [1.82, 2.24) is 15.0 Å². The van der Waals surface area contributed by atoms with Crippen molar-refractivity contribution in [3.63, 3.8) is 0 Å². The molecule has 0 saturated carbocycles. The van der Waals surface area contributed by atoms with Crippen LogP contribution >= 0.6 is 0 Å². The SMILES string of the molecule is O=C(O)Nc1cnc2nc(-c3cccc(CCO)c3)[nH]c2c1. The molecule has 0 bridgehead atoms. The molecular weight excluding hydrogens is 284 g/mol. The number of hydrogen-bond acceptors (Lipinski definition) is 4. The molecule has 4 N–H and O–H groups in total. The maximum atomic E-state index is 10.6. The van der Waals surface area contributed by atoms with Gasteiger partial charge in [0, 0.05) is 12.2 Å². The van der Waals surface area contributed by atoms with E-state index in [1.54, 1.807) is 6.07 Å². The molecule has 0 radical (unpaired) electrons. The Balaban J connectivity index is 1.97. The number of H-pyrrole nitrogens is 1. The molecule has 0 saturated heterocycles. The molecule has 0 aliphatic rings. The Morgan fingerprint density at radius 1 is 1.32 bits per heavy atom. The number of hydrogen-bond donors (Lipinski definition) is 4. The van der Waals surface area contributed by atoms with Gasteiger partial charge < -0.3 is 15.2 Å². The van der Waals surface area contributed by atoms with E-state index in [4.69, 9.17) is 10.2 Å². The third-order valence-electron chi connectivity index (χ3n) is 3.19. The van der Waals surface area contributed by atoms with Gasteiger partial charge in [-0.1, -0.05) is 18.2 Å². The number of rotatable bonds is 4. The van der Waals surface area contributed by atoms with Gasteiger partial charge in [-0.2, -0.15) is 0 Å². The molecule has 0 spiro atoms.